The maximum absolute atomic E-state index is 5.01. The number of piperazine rings is 1. The van der Waals surface area contributed by atoms with Crippen LogP contribution in [0.5, 0.6) is 0 Å². The topological polar surface area (TPSA) is 45.2 Å². The maximum Gasteiger partial charge on any atom is 0.132 e. The highest BCUT2D eigenvalue weighted by molar-refractivity contribution is 5.86. The highest BCUT2D eigenvalue weighted by Crippen LogP contribution is 2.27. The van der Waals surface area contributed by atoms with E-state index in [2.05, 4.69) is 90.2 Å². The molecule has 1 aliphatic rings. The van der Waals surface area contributed by atoms with Crippen LogP contribution in [0.25, 0.3) is 22.2 Å². The molecule has 4 aromatic rings. The van der Waals surface area contributed by atoms with Gasteiger partial charge in [0.2, 0.25) is 0 Å². The summed E-state index contributed by atoms with van der Waals surface area (Å²) in [4.78, 5) is 19.2. The summed E-state index contributed by atoms with van der Waals surface area (Å²) in [6.45, 7) is 12.1. The molecule has 162 valence electrons. The van der Waals surface area contributed by atoms with Gasteiger partial charge in [0.15, 0.2) is 0 Å². The van der Waals surface area contributed by atoms with Gasteiger partial charge in [-0.3, -0.25) is 0 Å². The van der Waals surface area contributed by atoms with E-state index in [4.69, 9.17) is 9.97 Å². The van der Waals surface area contributed by atoms with Gasteiger partial charge in [-0.05, 0) is 44.9 Å². The smallest absolute Gasteiger partial charge is 0.132 e. The van der Waals surface area contributed by atoms with Crippen LogP contribution in [0.3, 0.4) is 0 Å². The second-order valence-corrected chi connectivity index (χ2v) is 8.77. The van der Waals surface area contributed by atoms with Gasteiger partial charge >= 0.3 is 0 Å². The van der Waals surface area contributed by atoms with E-state index >= 15 is 0 Å². The summed E-state index contributed by atoms with van der Waals surface area (Å²) in [5.74, 6) is 2.89. The molecule has 2 aromatic carbocycles. The third-order valence-corrected chi connectivity index (χ3v) is 6.33. The van der Waals surface area contributed by atoms with E-state index in [9.17, 15) is 0 Å². The largest absolute Gasteiger partial charge is 0.353 e. The van der Waals surface area contributed by atoms with Crippen LogP contribution in [0.4, 0.5) is 11.6 Å². The van der Waals surface area contributed by atoms with Crippen LogP contribution < -0.4 is 9.80 Å². The number of benzene rings is 2. The predicted molar refractivity (Wildman–Crippen MR) is 133 cm³/mol. The standard InChI is InChI=1S/C27H29N5/c1-18-8-10-22(11-9-18)24-17-26(29-21(4)28-24)32-14-12-31(13-15-32)25-16-20(3)23-7-5-6-19(2)27(23)30-25/h5-11,16-17H,12-15H2,1-4H3. The Bertz CT molecular complexity index is 1270. The number of pyridine rings is 1. The minimum atomic E-state index is 0.808. The summed E-state index contributed by atoms with van der Waals surface area (Å²) in [5, 5.41) is 1.24. The molecule has 0 spiro atoms. The molecule has 0 unspecified atom stereocenters. The average Bonchev–Trinajstić information content (AvgIpc) is 2.80. The van der Waals surface area contributed by atoms with Crippen LogP contribution in [0.2, 0.25) is 0 Å². The average molecular weight is 424 g/mol. The second-order valence-electron chi connectivity index (χ2n) is 8.77. The molecule has 2 aromatic heterocycles. The Labute approximate surface area is 189 Å². The Kier molecular flexibility index (Phi) is 5.25. The van der Waals surface area contributed by atoms with Crippen molar-refractivity contribution in [2.24, 2.45) is 0 Å². The monoisotopic (exact) mass is 423 g/mol. The first-order chi connectivity index (χ1) is 15.5. The molecular weight excluding hydrogens is 394 g/mol. The van der Waals surface area contributed by atoms with E-state index in [0.29, 0.717) is 0 Å². The number of aryl methyl sites for hydroxylation is 4. The first-order valence-corrected chi connectivity index (χ1v) is 11.3. The van der Waals surface area contributed by atoms with Crippen molar-refractivity contribution < 1.29 is 0 Å². The minimum absolute atomic E-state index is 0.808. The lowest BCUT2D eigenvalue weighted by Crippen LogP contribution is -2.47. The molecular formula is C27H29N5. The van der Waals surface area contributed by atoms with Crippen LogP contribution in [0, 0.1) is 27.7 Å². The van der Waals surface area contributed by atoms with Gasteiger partial charge in [0.1, 0.15) is 17.5 Å². The summed E-state index contributed by atoms with van der Waals surface area (Å²) in [6.07, 6.45) is 0. The van der Waals surface area contributed by atoms with Gasteiger partial charge in [-0.15, -0.1) is 0 Å². The van der Waals surface area contributed by atoms with Crippen molar-refractivity contribution in [2.75, 3.05) is 36.0 Å². The van der Waals surface area contributed by atoms with Gasteiger partial charge < -0.3 is 9.80 Å². The molecule has 0 radical (unpaired) electrons. The van der Waals surface area contributed by atoms with Crippen molar-refractivity contribution in [1.82, 2.24) is 15.0 Å². The van der Waals surface area contributed by atoms with Crippen molar-refractivity contribution in [3.63, 3.8) is 0 Å². The van der Waals surface area contributed by atoms with Gasteiger partial charge in [0, 0.05) is 43.2 Å². The normalized spacial score (nSPS) is 14.2. The highest BCUT2D eigenvalue weighted by Gasteiger charge is 2.21. The molecule has 0 bridgehead atoms. The van der Waals surface area contributed by atoms with Crippen LogP contribution >= 0.6 is 0 Å². The Morgan fingerprint density at radius 1 is 0.656 bits per heavy atom. The fourth-order valence-corrected chi connectivity index (χ4v) is 4.46. The Hall–Kier alpha value is -3.47. The number of hydrogen-bond donors (Lipinski definition) is 0. The van der Waals surface area contributed by atoms with Crippen molar-refractivity contribution in [1.29, 1.82) is 0 Å². The Morgan fingerprint density at radius 3 is 2.00 bits per heavy atom. The van der Waals surface area contributed by atoms with E-state index in [0.717, 1.165) is 60.4 Å². The molecule has 1 fully saturated rings. The number of anilines is 2. The third kappa shape index (κ3) is 3.91. The molecule has 0 saturated carbocycles. The van der Waals surface area contributed by atoms with Crippen molar-refractivity contribution in [3.05, 3.63) is 77.1 Å². The van der Waals surface area contributed by atoms with E-state index in [1.54, 1.807) is 0 Å². The van der Waals surface area contributed by atoms with E-state index in [-0.39, 0.29) is 0 Å². The van der Waals surface area contributed by atoms with Gasteiger partial charge in [-0.2, -0.15) is 0 Å². The number of rotatable bonds is 3. The van der Waals surface area contributed by atoms with Crippen LogP contribution in [0.15, 0.2) is 54.6 Å². The first kappa shape index (κ1) is 20.4. The molecule has 0 amide bonds. The molecule has 0 aliphatic carbocycles. The lowest BCUT2D eigenvalue weighted by atomic mass is 10.1. The van der Waals surface area contributed by atoms with E-state index in [1.807, 2.05) is 6.92 Å². The van der Waals surface area contributed by atoms with Crippen LogP contribution in [0.1, 0.15) is 22.5 Å². The molecule has 5 heteroatoms. The number of aromatic nitrogens is 3. The molecule has 3 heterocycles. The fourth-order valence-electron chi connectivity index (χ4n) is 4.46. The zero-order valence-electron chi connectivity index (χ0n) is 19.3. The molecule has 1 saturated heterocycles. The summed E-state index contributed by atoms with van der Waals surface area (Å²) in [7, 11) is 0. The molecule has 0 N–H and O–H groups in total. The molecule has 1 aliphatic heterocycles. The number of para-hydroxylation sites is 1. The summed E-state index contributed by atoms with van der Waals surface area (Å²) in [5.41, 5.74) is 6.99. The summed E-state index contributed by atoms with van der Waals surface area (Å²) < 4.78 is 0. The lowest BCUT2D eigenvalue weighted by Gasteiger charge is -2.36. The van der Waals surface area contributed by atoms with Gasteiger partial charge in [0.25, 0.3) is 0 Å². The quantitative estimate of drug-likeness (QED) is 0.450. The highest BCUT2D eigenvalue weighted by atomic mass is 15.3. The zero-order chi connectivity index (χ0) is 22.2. The van der Waals surface area contributed by atoms with Crippen molar-refractivity contribution >= 4 is 22.5 Å². The molecule has 5 rings (SSSR count). The Morgan fingerprint density at radius 2 is 1.31 bits per heavy atom. The zero-order valence-corrected chi connectivity index (χ0v) is 19.3. The lowest BCUT2D eigenvalue weighted by molar-refractivity contribution is 0.641. The van der Waals surface area contributed by atoms with Gasteiger partial charge in [0.05, 0.1) is 11.2 Å². The van der Waals surface area contributed by atoms with Gasteiger partial charge in [-0.25, -0.2) is 15.0 Å². The predicted octanol–water partition coefficient (Wildman–Crippen LogP) is 5.25. The second kappa shape index (κ2) is 8.23. The minimum Gasteiger partial charge on any atom is -0.353 e. The SMILES string of the molecule is Cc1ccc(-c2cc(N3CCN(c4cc(C)c5cccc(C)c5n4)CC3)nc(C)n2)cc1. The summed E-state index contributed by atoms with van der Waals surface area (Å²) in [6, 6.07) is 19.3. The number of hydrogen-bond acceptors (Lipinski definition) is 5. The van der Waals surface area contributed by atoms with Crippen LogP contribution in [-0.2, 0) is 0 Å². The maximum atomic E-state index is 5.01. The third-order valence-electron chi connectivity index (χ3n) is 6.33. The summed E-state index contributed by atoms with van der Waals surface area (Å²) >= 11 is 0. The van der Waals surface area contributed by atoms with Crippen molar-refractivity contribution in [3.8, 4) is 11.3 Å². The van der Waals surface area contributed by atoms with E-state index in [1.165, 1.54) is 22.1 Å². The number of fused-ring (bicyclic) bond motifs is 1. The molecule has 5 nitrogen and oxygen atoms in total. The molecule has 32 heavy (non-hydrogen) atoms. The molecule has 0 atom stereocenters. The fraction of sp³-hybridized carbons (Fsp3) is 0.296. The first-order valence-electron chi connectivity index (χ1n) is 11.3. The van der Waals surface area contributed by atoms with Crippen LogP contribution in [-0.4, -0.2) is 41.1 Å². The Balaban J connectivity index is 1.37. The van der Waals surface area contributed by atoms with E-state index < -0.39 is 0 Å². The number of nitrogens with zero attached hydrogens (tertiary/aromatic N) is 5. The van der Waals surface area contributed by atoms with Gasteiger partial charge in [-0.1, -0.05) is 48.0 Å². The van der Waals surface area contributed by atoms with Crippen molar-refractivity contribution in [2.45, 2.75) is 27.7 Å².